The van der Waals surface area contributed by atoms with E-state index >= 15 is 0 Å². The number of ether oxygens (including phenoxy) is 2. The van der Waals surface area contributed by atoms with Gasteiger partial charge in [-0.1, -0.05) is 181 Å². The van der Waals surface area contributed by atoms with Crippen molar-refractivity contribution in [3.63, 3.8) is 0 Å². The van der Waals surface area contributed by atoms with Gasteiger partial charge < -0.3 is 14.8 Å². The van der Waals surface area contributed by atoms with Crippen LogP contribution in [0.3, 0.4) is 0 Å². The zero-order chi connectivity index (χ0) is 35.4. The number of esters is 1. The van der Waals surface area contributed by atoms with Crippen LogP contribution in [0.4, 0.5) is 0 Å². The molecular weight excluding hydrogens is 590 g/mol. The molecule has 0 heterocycles. The molecule has 0 amide bonds. The summed E-state index contributed by atoms with van der Waals surface area (Å²) in [4.78, 5) is 11.7. The minimum atomic E-state index is 0.00198. The van der Waals surface area contributed by atoms with E-state index in [1.807, 2.05) is 13.2 Å². The minimum absolute atomic E-state index is 0.00198. The van der Waals surface area contributed by atoms with Gasteiger partial charge in [0.15, 0.2) is 0 Å². The Bertz CT molecular complexity index is 580. The van der Waals surface area contributed by atoms with Gasteiger partial charge in [0.25, 0.3) is 0 Å². The van der Waals surface area contributed by atoms with Gasteiger partial charge >= 0.3 is 5.97 Å². The summed E-state index contributed by atoms with van der Waals surface area (Å²) in [5, 5.41) is 3.55. The molecule has 0 aliphatic heterocycles. The van der Waals surface area contributed by atoms with Gasteiger partial charge in [0, 0.05) is 13.5 Å². The van der Waals surface area contributed by atoms with Gasteiger partial charge in [-0.25, -0.2) is 0 Å². The van der Waals surface area contributed by atoms with E-state index < -0.39 is 0 Å². The molecule has 0 saturated heterocycles. The number of hydrogen-bond donors (Lipinski definition) is 1. The molecule has 4 nitrogen and oxygen atoms in total. The summed E-state index contributed by atoms with van der Waals surface area (Å²) in [5.41, 5.74) is 0. The van der Waals surface area contributed by atoms with Crippen LogP contribution in [0.5, 0.6) is 0 Å². The fraction of sp³-hybridized carbons (Fsp3) is 0.932. The van der Waals surface area contributed by atoms with Gasteiger partial charge in [-0.2, -0.15) is 0 Å². The lowest BCUT2D eigenvalue weighted by atomic mass is 10.0. The first-order valence-electron chi connectivity index (χ1n) is 21.7. The standard InChI is InChI=1S/C26H51NO2.C18H38O/c1-3-5-7-9-11-15-19-23-27-24-20-16-13-14-18-22-26(28)29-25-21-17-12-10-8-6-4-2;1-4-6-8-10-12-14-16-18(19-3)17-15-13-11-9-7-5-2/h3,27H,1,4-25H2,2H3;18H,4-17H2,1-3H3. The van der Waals surface area contributed by atoms with E-state index in [1.54, 1.807) is 0 Å². The highest BCUT2D eigenvalue weighted by molar-refractivity contribution is 5.69. The molecule has 4 heteroatoms. The largest absolute Gasteiger partial charge is 0.466 e. The summed E-state index contributed by atoms with van der Waals surface area (Å²) in [5.74, 6) is 0.00198. The van der Waals surface area contributed by atoms with Gasteiger partial charge in [0.05, 0.1) is 12.7 Å². The molecule has 0 rings (SSSR count). The summed E-state index contributed by atoms with van der Waals surface area (Å²) in [6, 6.07) is 0. The maximum Gasteiger partial charge on any atom is 0.305 e. The van der Waals surface area contributed by atoms with Gasteiger partial charge in [0.1, 0.15) is 0 Å². The topological polar surface area (TPSA) is 47.6 Å². The number of hydrogen-bond acceptors (Lipinski definition) is 4. The third-order valence-electron chi connectivity index (χ3n) is 9.60. The molecule has 0 fully saturated rings. The second-order valence-corrected chi connectivity index (χ2v) is 14.4. The summed E-state index contributed by atoms with van der Waals surface area (Å²) in [6.07, 6.45) is 44.9. The number of carbonyl (C=O) groups excluding carboxylic acids is 1. The Balaban J connectivity index is 0. The smallest absolute Gasteiger partial charge is 0.305 e. The fourth-order valence-corrected chi connectivity index (χ4v) is 6.25. The number of carbonyl (C=O) groups is 1. The number of nitrogens with one attached hydrogen (secondary N) is 1. The fourth-order valence-electron chi connectivity index (χ4n) is 6.25. The van der Waals surface area contributed by atoms with Crippen LogP contribution in [-0.4, -0.2) is 38.9 Å². The monoisotopic (exact) mass is 680 g/mol. The Kier molecular flexibility index (Phi) is 47.3. The van der Waals surface area contributed by atoms with Crippen molar-refractivity contribution >= 4 is 5.97 Å². The van der Waals surface area contributed by atoms with Gasteiger partial charge in [-0.05, 0) is 64.5 Å². The lowest BCUT2D eigenvalue weighted by Crippen LogP contribution is -2.16. The maximum absolute atomic E-state index is 11.7. The number of methoxy groups -OCH3 is 1. The molecule has 0 atom stereocenters. The highest BCUT2D eigenvalue weighted by Gasteiger charge is 2.07. The molecule has 288 valence electrons. The summed E-state index contributed by atoms with van der Waals surface area (Å²) in [7, 11) is 1.89. The SMILES string of the molecule is C=CCCCCCCCNCCCCCCCC(=O)OCCCCCCCCC.CCCCCCCCC(CCCCCCCC)OC. The van der Waals surface area contributed by atoms with Gasteiger partial charge in [0.2, 0.25) is 0 Å². The Morgan fingerprint density at radius 3 is 1.40 bits per heavy atom. The van der Waals surface area contributed by atoms with Crippen molar-refractivity contribution in [1.82, 2.24) is 5.32 Å². The van der Waals surface area contributed by atoms with Crippen molar-refractivity contribution in [3.05, 3.63) is 12.7 Å². The molecule has 0 aromatic rings. The normalized spacial score (nSPS) is 11.1. The van der Waals surface area contributed by atoms with E-state index in [2.05, 4.69) is 32.7 Å². The number of allylic oxidation sites excluding steroid dienone is 1. The quantitative estimate of drug-likeness (QED) is 0.0399. The predicted molar refractivity (Wildman–Crippen MR) is 214 cm³/mol. The lowest BCUT2D eigenvalue weighted by Gasteiger charge is -2.15. The van der Waals surface area contributed by atoms with Crippen LogP contribution in [0, 0.1) is 0 Å². The van der Waals surface area contributed by atoms with E-state index in [9.17, 15) is 4.79 Å². The van der Waals surface area contributed by atoms with Crippen molar-refractivity contribution < 1.29 is 14.3 Å². The van der Waals surface area contributed by atoms with E-state index in [0.29, 0.717) is 19.1 Å². The van der Waals surface area contributed by atoms with Crippen LogP contribution in [0.1, 0.15) is 233 Å². The molecule has 0 aromatic heterocycles. The summed E-state index contributed by atoms with van der Waals surface area (Å²) in [6.45, 7) is 13.5. The van der Waals surface area contributed by atoms with Crippen LogP contribution in [0.25, 0.3) is 0 Å². The average molecular weight is 680 g/mol. The first kappa shape index (κ1) is 49.2. The first-order valence-corrected chi connectivity index (χ1v) is 21.7. The zero-order valence-corrected chi connectivity index (χ0v) is 33.5. The number of rotatable bonds is 39. The Hall–Kier alpha value is -0.870. The van der Waals surface area contributed by atoms with Gasteiger partial charge in [-0.3, -0.25) is 4.79 Å². The molecule has 1 N–H and O–H groups in total. The Labute approximate surface area is 303 Å². The van der Waals surface area contributed by atoms with Crippen molar-refractivity contribution in [2.75, 3.05) is 26.8 Å². The molecule has 0 aromatic carbocycles. The predicted octanol–water partition coefficient (Wildman–Crippen LogP) is 14.2. The molecule has 0 aliphatic rings. The molecular formula is C44H89NO3. The van der Waals surface area contributed by atoms with E-state index in [4.69, 9.17) is 9.47 Å². The lowest BCUT2D eigenvalue weighted by molar-refractivity contribution is -0.143. The van der Waals surface area contributed by atoms with Gasteiger partial charge in [-0.15, -0.1) is 6.58 Å². The number of unbranched alkanes of at least 4 members (excludes halogenated alkanes) is 25. The molecule has 0 bridgehead atoms. The Morgan fingerprint density at radius 1 is 0.542 bits per heavy atom. The van der Waals surface area contributed by atoms with Crippen LogP contribution in [0.15, 0.2) is 12.7 Å². The molecule has 0 radical (unpaired) electrons. The zero-order valence-electron chi connectivity index (χ0n) is 33.5. The molecule has 0 saturated carbocycles. The summed E-state index contributed by atoms with van der Waals surface area (Å²) >= 11 is 0. The molecule has 0 unspecified atom stereocenters. The second kappa shape index (κ2) is 46.1. The van der Waals surface area contributed by atoms with Crippen LogP contribution in [0.2, 0.25) is 0 Å². The summed E-state index contributed by atoms with van der Waals surface area (Å²) < 4.78 is 10.9. The third-order valence-corrected chi connectivity index (χ3v) is 9.60. The Morgan fingerprint density at radius 2 is 0.938 bits per heavy atom. The van der Waals surface area contributed by atoms with E-state index in [-0.39, 0.29) is 5.97 Å². The highest BCUT2D eigenvalue weighted by atomic mass is 16.5. The molecule has 48 heavy (non-hydrogen) atoms. The highest BCUT2D eigenvalue weighted by Crippen LogP contribution is 2.16. The third kappa shape index (κ3) is 45.1. The maximum atomic E-state index is 11.7. The van der Waals surface area contributed by atoms with E-state index in [0.717, 1.165) is 32.4 Å². The molecule has 0 spiro atoms. The van der Waals surface area contributed by atoms with Crippen LogP contribution in [-0.2, 0) is 14.3 Å². The van der Waals surface area contributed by atoms with Crippen LogP contribution < -0.4 is 5.32 Å². The van der Waals surface area contributed by atoms with Crippen molar-refractivity contribution in [2.45, 2.75) is 239 Å². The molecule has 0 aliphatic carbocycles. The van der Waals surface area contributed by atoms with E-state index in [1.165, 1.54) is 186 Å². The van der Waals surface area contributed by atoms with Crippen molar-refractivity contribution in [3.8, 4) is 0 Å². The average Bonchev–Trinajstić information content (AvgIpc) is 3.10. The van der Waals surface area contributed by atoms with Crippen molar-refractivity contribution in [2.24, 2.45) is 0 Å². The second-order valence-electron chi connectivity index (χ2n) is 14.4. The minimum Gasteiger partial charge on any atom is -0.466 e. The van der Waals surface area contributed by atoms with Crippen LogP contribution >= 0.6 is 0 Å². The van der Waals surface area contributed by atoms with Crippen molar-refractivity contribution in [1.29, 1.82) is 0 Å². The first-order chi connectivity index (χ1) is 23.7.